The van der Waals surface area contributed by atoms with Crippen molar-refractivity contribution < 1.29 is 27.4 Å². The highest BCUT2D eigenvalue weighted by atomic mass is 35.5. The Labute approximate surface area is 258 Å². The van der Waals surface area contributed by atoms with Crippen LogP contribution in [0.25, 0.3) is 10.9 Å². The highest BCUT2D eigenvalue weighted by molar-refractivity contribution is 6.35. The van der Waals surface area contributed by atoms with Gasteiger partial charge in [-0.2, -0.15) is 13.2 Å². The van der Waals surface area contributed by atoms with E-state index in [2.05, 4.69) is 9.80 Å². The molecule has 0 spiro atoms. The van der Waals surface area contributed by atoms with Crippen molar-refractivity contribution in [1.29, 1.82) is 0 Å². The number of nitrogens with one attached hydrogen (secondary N) is 1. The summed E-state index contributed by atoms with van der Waals surface area (Å²) < 4.78 is 50.7. The molecule has 6 rings (SSSR count). The number of alkyl carbamates (subject to hydrolysis) is 1. The number of amides is 1. The van der Waals surface area contributed by atoms with Gasteiger partial charge in [0.15, 0.2) is 5.60 Å². The Morgan fingerprint density at radius 2 is 1.59 bits per heavy atom. The molecule has 1 amide bonds. The molecule has 1 N–H and O–H groups in total. The minimum atomic E-state index is -4.56. The molecule has 0 aliphatic carbocycles. The van der Waals surface area contributed by atoms with Crippen molar-refractivity contribution in [3.05, 3.63) is 95.0 Å². The third-order valence-electron chi connectivity index (χ3n) is 8.17. The van der Waals surface area contributed by atoms with Gasteiger partial charge in [-0.05, 0) is 56.1 Å². The van der Waals surface area contributed by atoms with Crippen molar-refractivity contribution in [2.45, 2.75) is 31.0 Å². The first-order chi connectivity index (χ1) is 21.2. The number of aromatic nitrogens is 1. The summed E-state index contributed by atoms with van der Waals surface area (Å²) in [5.41, 5.74) is 0.714. The third kappa shape index (κ3) is 6.42. The van der Waals surface area contributed by atoms with Crippen molar-refractivity contribution in [1.82, 2.24) is 15.2 Å². The first-order valence-corrected chi connectivity index (χ1v) is 15.0. The number of alkyl halides is 3. The van der Waals surface area contributed by atoms with Crippen LogP contribution < -0.4 is 15.0 Å². The van der Waals surface area contributed by atoms with Crippen LogP contribution in [-0.2, 0) is 10.3 Å². The van der Waals surface area contributed by atoms with E-state index >= 15 is 0 Å². The molecule has 44 heavy (non-hydrogen) atoms. The molecule has 2 aliphatic rings. The minimum absolute atomic E-state index is 0.381. The number of hydrogen-bond acceptors (Lipinski definition) is 6. The van der Waals surface area contributed by atoms with E-state index in [-0.39, 0.29) is 0 Å². The number of pyridine rings is 1. The molecule has 3 aromatic carbocycles. The molecule has 3 heterocycles. The van der Waals surface area contributed by atoms with Crippen LogP contribution in [0.2, 0.25) is 5.02 Å². The SMILES string of the molecule is O=C(NCC(F)(F)F)OC1(CCCCN2CCN(c3ccc4cccc(Cl)c4n3)CC2)c2ccccc2Oc2ccccc21. The molecule has 0 saturated carbocycles. The summed E-state index contributed by atoms with van der Waals surface area (Å²) in [7, 11) is 0. The summed E-state index contributed by atoms with van der Waals surface area (Å²) in [6, 6.07) is 24.2. The Morgan fingerprint density at radius 1 is 0.909 bits per heavy atom. The zero-order chi connectivity index (χ0) is 30.7. The van der Waals surface area contributed by atoms with E-state index in [1.54, 1.807) is 36.4 Å². The second-order valence-electron chi connectivity index (χ2n) is 11.0. The number of nitrogens with zero attached hydrogens (tertiary/aromatic N) is 3. The van der Waals surface area contributed by atoms with Gasteiger partial charge in [0.25, 0.3) is 0 Å². The van der Waals surface area contributed by atoms with Crippen LogP contribution in [0.1, 0.15) is 30.4 Å². The standard InChI is InChI=1S/C33H32ClF3N4O3/c34-26-11-7-8-23-14-15-29(39-30(23)26)41-20-18-40(19-21-41)17-6-5-16-32(44-31(42)38-22-33(35,36)37)24-9-1-3-12-27(24)43-28-13-4-2-10-25(28)32/h1-4,7-15H,5-6,16-22H2,(H,38,42). The van der Waals surface area contributed by atoms with Crippen LogP contribution in [0.3, 0.4) is 0 Å². The van der Waals surface area contributed by atoms with Gasteiger partial charge in [-0.25, -0.2) is 9.78 Å². The van der Waals surface area contributed by atoms with Crippen molar-refractivity contribution in [2.75, 3.05) is 44.2 Å². The summed E-state index contributed by atoms with van der Waals surface area (Å²) in [6.07, 6.45) is -3.83. The largest absolute Gasteiger partial charge is 0.456 e. The van der Waals surface area contributed by atoms with E-state index in [1.165, 1.54) is 0 Å². The topological polar surface area (TPSA) is 66.9 Å². The number of unbranched alkanes of at least 4 members (excludes halogenated alkanes) is 1. The quantitative estimate of drug-likeness (QED) is 0.205. The van der Waals surface area contributed by atoms with E-state index in [4.69, 9.17) is 26.1 Å². The fraction of sp³-hybridized carbons (Fsp3) is 0.333. The maximum absolute atomic E-state index is 12.9. The Bertz CT molecular complexity index is 1600. The molecular formula is C33H32ClF3N4O3. The number of halogens is 4. The van der Waals surface area contributed by atoms with Gasteiger partial charge in [0, 0.05) is 42.7 Å². The van der Waals surface area contributed by atoms with Gasteiger partial charge >= 0.3 is 12.3 Å². The second-order valence-corrected chi connectivity index (χ2v) is 11.5. The van der Waals surface area contributed by atoms with Crippen LogP contribution in [0.15, 0.2) is 78.9 Å². The molecule has 0 bridgehead atoms. The number of hydrogen-bond donors (Lipinski definition) is 1. The van der Waals surface area contributed by atoms with E-state index in [9.17, 15) is 18.0 Å². The number of benzene rings is 3. The fourth-order valence-electron chi connectivity index (χ4n) is 6.03. The molecule has 1 fully saturated rings. The molecule has 7 nitrogen and oxygen atoms in total. The summed E-state index contributed by atoms with van der Waals surface area (Å²) in [5, 5.41) is 3.52. The lowest BCUT2D eigenvalue weighted by molar-refractivity contribution is -0.124. The zero-order valence-electron chi connectivity index (χ0n) is 23.9. The number of carbonyl (C=O) groups is 1. The lowest BCUT2D eigenvalue weighted by Crippen LogP contribution is -2.47. The maximum Gasteiger partial charge on any atom is 0.408 e. The van der Waals surface area contributed by atoms with E-state index in [0.29, 0.717) is 40.5 Å². The number of para-hydroxylation sites is 3. The smallest absolute Gasteiger partial charge is 0.408 e. The summed E-state index contributed by atoms with van der Waals surface area (Å²) >= 11 is 6.37. The summed E-state index contributed by atoms with van der Waals surface area (Å²) in [6.45, 7) is 2.74. The van der Waals surface area contributed by atoms with Gasteiger partial charge in [0.1, 0.15) is 23.9 Å². The fourth-order valence-corrected chi connectivity index (χ4v) is 6.25. The highest BCUT2D eigenvalue weighted by Gasteiger charge is 2.45. The Hall–Kier alpha value is -4.02. The second kappa shape index (κ2) is 12.5. The van der Waals surface area contributed by atoms with Gasteiger partial charge in [-0.15, -0.1) is 0 Å². The van der Waals surface area contributed by atoms with Crippen LogP contribution in [0, 0.1) is 0 Å². The first kappa shape index (κ1) is 30.0. The van der Waals surface area contributed by atoms with Gasteiger partial charge < -0.3 is 19.7 Å². The zero-order valence-corrected chi connectivity index (χ0v) is 24.7. The first-order valence-electron chi connectivity index (χ1n) is 14.6. The predicted molar refractivity (Wildman–Crippen MR) is 164 cm³/mol. The number of anilines is 1. The average molecular weight is 625 g/mol. The normalized spacial score (nSPS) is 16.1. The Balaban J connectivity index is 1.12. The molecule has 1 aromatic heterocycles. The van der Waals surface area contributed by atoms with Gasteiger partial charge in [0.05, 0.1) is 10.5 Å². The van der Waals surface area contributed by atoms with Crippen LogP contribution in [0.5, 0.6) is 11.5 Å². The molecule has 4 aromatic rings. The lowest BCUT2D eigenvalue weighted by atomic mass is 9.79. The molecule has 2 aliphatic heterocycles. The van der Waals surface area contributed by atoms with Gasteiger partial charge in [-0.3, -0.25) is 4.90 Å². The summed E-state index contributed by atoms with van der Waals surface area (Å²) in [4.78, 5) is 22.3. The van der Waals surface area contributed by atoms with Crippen LogP contribution in [-0.4, -0.2) is 61.4 Å². The molecule has 1 saturated heterocycles. The molecule has 0 radical (unpaired) electrons. The van der Waals surface area contributed by atoms with E-state index < -0.39 is 24.4 Å². The van der Waals surface area contributed by atoms with Gasteiger partial charge in [0.2, 0.25) is 0 Å². The maximum atomic E-state index is 12.9. The van der Waals surface area contributed by atoms with Crippen molar-refractivity contribution in [3.8, 4) is 11.5 Å². The number of rotatable bonds is 8. The number of piperazine rings is 1. The third-order valence-corrected chi connectivity index (χ3v) is 8.48. The molecule has 0 atom stereocenters. The number of carbonyl (C=O) groups excluding carboxylic acids is 1. The van der Waals surface area contributed by atoms with Crippen molar-refractivity contribution in [3.63, 3.8) is 0 Å². The molecule has 11 heteroatoms. The Morgan fingerprint density at radius 3 is 2.27 bits per heavy atom. The van der Waals surface area contributed by atoms with Gasteiger partial charge in [-0.1, -0.05) is 60.1 Å². The lowest BCUT2D eigenvalue weighted by Gasteiger charge is -2.40. The minimum Gasteiger partial charge on any atom is -0.456 e. The number of ether oxygens (including phenoxy) is 2. The highest BCUT2D eigenvalue weighted by Crippen LogP contribution is 2.51. The molecule has 0 unspecified atom stereocenters. The Kier molecular flexibility index (Phi) is 8.55. The predicted octanol–water partition coefficient (Wildman–Crippen LogP) is 7.52. The molecular weight excluding hydrogens is 593 g/mol. The monoisotopic (exact) mass is 624 g/mol. The van der Waals surface area contributed by atoms with E-state index in [0.717, 1.165) is 55.9 Å². The average Bonchev–Trinajstić information content (AvgIpc) is 3.02. The van der Waals surface area contributed by atoms with E-state index in [1.807, 2.05) is 47.8 Å². The van der Waals surface area contributed by atoms with Crippen LogP contribution in [0.4, 0.5) is 23.8 Å². The van der Waals surface area contributed by atoms with Crippen molar-refractivity contribution in [2.24, 2.45) is 0 Å². The molecule has 230 valence electrons. The summed E-state index contributed by atoms with van der Waals surface area (Å²) in [5.74, 6) is 1.93. The van der Waals surface area contributed by atoms with Crippen LogP contribution >= 0.6 is 11.6 Å². The number of fused-ring (bicyclic) bond motifs is 3. The van der Waals surface area contributed by atoms with Crippen molar-refractivity contribution >= 4 is 34.4 Å².